The molecule has 1 aliphatic heterocycles. The summed E-state index contributed by atoms with van der Waals surface area (Å²) >= 11 is 0. The number of amides is 1. The first-order valence-corrected chi connectivity index (χ1v) is 11.2. The summed E-state index contributed by atoms with van der Waals surface area (Å²) in [5.74, 6) is -0.799. The first-order chi connectivity index (χ1) is 16.1. The number of hydrogen-bond acceptors (Lipinski definition) is 6. The lowest BCUT2D eigenvalue weighted by Gasteiger charge is -2.34. The fraction of sp³-hybridized carbons (Fsp3) is 0.280. The third-order valence-electron chi connectivity index (χ3n) is 5.52. The van der Waals surface area contributed by atoms with E-state index in [9.17, 15) is 9.18 Å². The molecular formula is C25H27FN6O. The maximum Gasteiger partial charge on any atom is 0.257 e. The molecule has 0 spiro atoms. The van der Waals surface area contributed by atoms with Gasteiger partial charge in [0, 0.05) is 61.5 Å². The van der Waals surface area contributed by atoms with Gasteiger partial charge in [-0.05, 0) is 42.6 Å². The number of carbonyl (C=O) groups excluding carboxylic acids is 1. The zero-order valence-corrected chi connectivity index (χ0v) is 19.0. The molecule has 2 aromatic heterocycles. The van der Waals surface area contributed by atoms with Crippen molar-refractivity contribution in [3.05, 3.63) is 66.5 Å². The summed E-state index contributed by atoms with van der Waals surface area (Å²) in [5.41, 5.74) is 2.93. The van der Waals surface area contributed by atoms with Gasteiger partial charge < -0.3 is 15.5 Å². The van der Waals surface area contributed by atoms with Crippen LogP contribution in [-0.4, -0.2) is 46.5 Å². The molecule has 1 unspecified atom stereocenters. The van der Waals surface area contributed by atoms with Crippen LogP contribution in [0.1, 0.15) is 31.1 Å². The number of rotatable bonds is 3. The van der Waals surface area contributed by atoms with E-state index in [-0.39, 0.29) is 5.91 Å². The number of anilines is 2. The average Bonchev–Trinajstić information content (AvgIpc) is 2.84. The van der Waals surface area contributed by atoms with Crippen LogP contribution in [0.15, 0.2) is 55.1 Å². The van der Waals surface area contributed by atoms with Crippen molar-refractivity contribution < 1.29 is 9.18 Å². The standard InChI is InChI=1S/C23H21FN6O.C2H6/c1-14-13-30(9-8-26-14)20-3-2-17(21-22(20)28-7-6-27-21)23(31)29-16-10-15-4-5-25-12-18(15)19(24)11-16;1-2/h2-7,10-12,14,26H,8-9,13H2,1H3,(H,29,31);1-2H3. The highest BCUT2D eigenvalue weighted by Gasteiger charge is 2.21. The maximum atomic E-state index is 14.4. The minimum Gasteiger partial charge on any atom is -0.367 e. The summed E-state index contributed by atoms with van der Waals surface area (Å²) in [6, 6.07) is 8.76. The minimum absolute atomic E-state index is 0.362. The van der Waals surface area contributed by atoms with Gasteiger partial charge in [-0.15, -0.1) is 0 Å². The van der Waals surface area contributed by atoms with Gasteiger partial charge in [0.2, 0.25) is 0 Å². The van der Waals surface area contributed by atoms with Crippen LogP contribution in [0.3, 0.4) is 0 Å². The van der Waals surface area contributed by atoms with Gasteiger partial charge in [-0.1, -0.05) is 13.8 Å². The van der Waals surface area contributed by atoms with Gasteiger partial charge in [0.15, 0.2) is 0 Å². The van der Waals surface area contributed by atoms with Crippen LogP contribution in [0.4, 0.5) is 15.8 Å². The lowest BCUT2D eigenvalue weighted by Crippen LogP contribution is -2.49. The Morgan fingerprint density at radius 3 is 2.70 bits per heavy atom. The Morgan fingerprint density at radius 2 is 1.91 bits per heavy atom. The lowest BCUT2D eigenvalue weighted by molar-refractivity contribution is 0.102. The van der Waals surface area contributed by atoms with Crippen molar-refractivity contribution in [3.63, 3.8) is 0 Å². The number of fused-ring (bicyclic) bond motifs is 2. The van der Waals surface area contributed by atoms with Crippen molar-refractivity contribution in [2.45, 2.75) is 26.8 Å². The molecule has 2 N–H and O–H groups in total. The Labute approximate surface area is 192 Å². The van der Waals surface area contributed by atoms with Gasteiger partial charge >= 0.3 is 0 Å². The minimum atomic E-state index is -0.436. The highest BCUT2D eigenvalue weighted by atomic mass is 19.1. The van der Waals surface area contributed by atoms with Crippen molar-refractivity contribution >= 4 is 39.1 Å². The molecule has 170 valence electrons. The number of piperazine rings is 1. The van der Waals surface area contributed by atoms with Crippen LogP contribution in [0.2, 0.25) is 0 Å². The molecule has 33 heavy (non-hydrogen) atoms. The predicted octanol–water partition coefficient (Wildman–Crippen LogP) is 4.39. The summed E-state index contributed by atoms with van der Waals surface area (Å²) in [6.07, 6.45) is 6.26. The van der Waals surface area contributed by atoms with Crippen molar-refractivity contribution in [1.29, 1.82) is 0 Å². The van der Waals surface area contributed by atoms with Crippen LogP contribution in [0.5, 0.6) is 0 Å². The molecule has 0 aliphatic carbocycles. The normalized spacial score (nSPS) is 15.8. The number of aromatic nitrogens is 3. The molecule has 5 rings (SSSR count). The Balaban J connectivity index is 0.00000126. The number of nitrogens with zero attached hydrogens (tertiary/aromatic N) is 4. The van der Waals surface area contributed by atoms with Crippen LogP contribution in [0.25, 0.3) is 21.8 Å². The second kappa shape index (κ2) is 9.87. The number of carbonyl (C=O) groups is 1. The van der Waals surface area contributed by atoms with Gasteiger partial charge in [-0.2, -0.15) is 0 Å². The number of benzene rings is 2. The van der Waals surface area contributed by atoms with Crippen LogP contribution in [0, 0.1) is 5.82 Å². The third kappa shape index (κ3) is 4.61. The Morgan fingerprint density at radius 1 is 1.12 bits per heavy atom. The van der Waals surface area contributed by atoms with Gasteiger partial charge in [-0.25, -0.2) is 4.39 Å². The largest absolute Gasteiger partial charge is 0.367 e. The Hall–Kier alpha value is -3.65. The van der Waals surface area contributed by atoms with E-state index < -0.39 is 5.82 Å². The zero-order chi connectivity index (χ0) is 23.4. The highest BCUT2D eigenvalue weighted by molar-refractivity contribution is 6.13. The van der Waals surface area contributed by atoms with Crippen molar-refractivity contribution in [2.75, 3.05) is 29.9 Å². The maximum absolute atomic E-state index is 14.4. The average molecular weight is 447 g/mol. The molecule has 1 saturated heterocycles. The molecule has 1 amide bonds. The molecule has 0 saturated carbocycles. The number of hydrogen-bond donors (Lipinski definition) is 2. The number of halogens is 1. The van der Waals surface area contributed by atoms with Crippen LogP contribution < -0.4 is 15.5 Å². The van der Waals surface area contributed by atoms with E-state index in [1.165, 1.54) is 12.3 Å². The smallest absolute Gasteiger partial charge is 0.257 e. The summed E-state index contributed by atoms with van der Waals surface area (Å²) < 4.78 is 14.4. The molecule has 4 aromatic rings. The van der Waals surface area contributed by atoms with Crippen molar-refractivity contribution in [2.24, 2.45) is 0 Å². The fourth-order valence-electron chi connectivity index (χ4n) is 4.06. The fourth-order valence-corrected chi connectivity index (χ4v) is 4.06. The summed E-state index contributed by atoms with van der Waals surface area (Å²) in [6.45, 7) is 8.73. The van der Waals surface area contributed by atoms with Crippen LogP contribution in [-0.2, 0) is 0 Å². The molecule has 1 fully saturated rings. The Kier molecular flexibility index (Phi) is 6.74. The third-order valence-corrected chi connectivity index (χ3v) is 5.52. The summed E-state index contributed by atoms with van der Waals surface area (Å²) in [7, 11) is 0. The van der Waals surface area contributed by atoms with Gasteiger partial charge in [-0.3, -0.25) is 19.7 Å². The molecular weight excluding hydrogens is 419 g/mol. The van der Waals surface area contributed by atoms with E-state index in [4.69, 9.17) is 0 Å². The van der Waals surface area contributed by atoms with Gasteiger partial charge in [0.25, 0.3) is 5.91 Å². The van der Waals surface area contributed by atoms with E-state index in [0.29, 0.717) is 39.1 Å². The summed E-state index contributed by atoms with van der Waals surface area (Å²) in [5, 5.41) is 7.30. The molecule has 2 aromatic carbocycles. The first-order valence-electron chi connectivity index (χ1n) is 11.2. The molecule has 3 heterocycles. The van der Waals surface area contributed by atoms with E-state index in [2.05, 4.69) is 37.4 Å². The van der Waals surface area contributed by atoms with Crippen LogP contribution >= 0.6 is 0 Å². The summed E-state index contributed by atoms with van der Waals surface area (Å²) in [4.78, 5) is 28.2. The molecule has 7 nitrogen and oxygen atoms in total. The van der Waals surface area contributed by atoms with Crippen molar-refractivity contribution in [3.8, 4) is 0 Å². The van der Waals surface area contributed by atoms with Gasteiger partial charge in [0.05, 0.1) is 11.3 Å². The molecule has 1 atom stereocenters. The van der Waals surface area contributed by atoms with Gasteiger partial charge in [0.1, 0.15) is 16.9 Å². The lowest BCUT2D eigenvalue weighted by atomic mass is 10.1. The van der Waals surface area contributed by atoms with E-state index in [1.807, 2.05) is 19.9 Å². The molecule has 0 radical (unpaired) electrons. The van der Waals surface area contributed by atoms with Crippen molar-refractivity contribution in [1.82, 2.24) is 20.3 Å². The molecule has 1 aliphatic rings. The number of nitrogens with one attached hydrogen (secondary N) is 2. The van der Waals surface area contributed by atoms with E-state index in [0.717, 1.165) is 25.3 Å². The first kappa shape index (κ1) is 22.5. The van der Waals surface area contributed by atoms with E-state index >= 15 is 0 Å². The quantitative estimate of drug-likeness (QED) is 0.486. The van der Waals surface area contributed by atoms with E-state index in [1.54, 1.807) is 36.8 Å². The molecule has 0 bridgehead atoms. The monoisotopic (exact) mass is 446 g/mol. The SMILES string of the molecule is CC.CC1CN(c2ccc(C(=O)Nc3cc(F)c4cnccc4c3)c3nccnc23)CCN1. The molecule has 8 heteroatoms. The highest BCUT2D eigenvalue weighted by Crippen LogP contribution is 2.28. The zero-order valence-electron chi connectivity index (χ0n) is 19.0. The second-order valence-electron chi connectivity index (χ2n) is 7.70. The Bertz CT molecular complexity index is 1290. The number of pyridine rings is 1. The predicted molar refractivity (Wildman–Crippen MR) is 130 cm³/mol. The second-order valence-corrected chi connectivity index (χ2v) is 7.70. The topological polar surface area (TPSA) is 83.0 Å².